The van der Waals surface area contributed by atoms with Gasteiger partial charge in [-0.3, -0.25) is 4.79 Å². The molecule has 4 heteroatoms. The van der Waals surface area contributed by atoms with E-state index in [1.807, 2.05) is 13.0 Å². The Bertz CT molecular complexity index is 366. The van der Waals surface area contributed by atoms with E-state index in [4.69, 9.17) is 5.73 Å². The van der Waals surface area contributed by atoms with Crippen LogP contribution < -0.4 is 11.1 Å². The van der Waals surface area contributed by atoms with Crippen LogP contribution in [0.15, 0.2) is 24.3 Å². The van der Waals surface area contributed by atoms with Crippen molar-refractivity contribution in [1.82, 2.24) is 5.32 Å². The third kappa shape index (κ3) is 4.87. The predicted octanol–water partition coefficient (Wildman–Crippen LogP) is 1.18. The molecule has 0 bridgehead atoms. The van der Waals surface area contributed by atoms with E-state index < -0.39 is 0 Å². The van der Waals surface area contributed by atoms with Crippen molar-refractivity contribution in [2.24, 2.45) is 5.73 Å². The molecular weight excluding hydrogens is 216 g/mol. The minimum absolute atomic E-state index is 0.0316. The van der Waals surface area contributed by atoms with Gasteiger partial charge in [-0.1, -0.05) is 19.1 Å². The lowest BCUT2D eigenvalue weighted by Gasteiger charge is -2.15. The molecule has 0 radical (unpaired) electrons. The van der Waals surface area contributed by atoms with Gasteiger partial charge in [0.15, 0.2) is 0 Å². The fourth-order valence-corrected chi connectivity index (χ4v) is 1.71. The number of amides is 1. The number of rotatable bonds is 6. The van der Waals surface area contributed by atoms with E-state index in [1.165, 1.54) is 0 Å². The number of hydrogen-bond acceptors (Lipinski definition) is 3. The highest BCUT2D eigenvalue weighted by atomic mass is 16.3. The zero-order valence-corrected chi connectivity index (χ0v) is 10.1. The minimum atomic E-state index is -0.0316. The van der Waals surface area contributed by atoms with Gasteiger partial charge in [-0.15, -0.1) is 0 Å². The van der Waals surface area contributed by atoms with E-state index in [-0.39, 0.29) is 24.1 Å². The first-order chi connectivity index (χ1) is 8.15. The first-order valence-corrected chi connectivity index (χ1v) is 5.93. The van der Waals surface area contributed by atoms with E-state index >= 15 is 0 Å². The monoisotopic (exact) mass is 236 g/mol. The van der Waals surface area contributed by atoms with E-state index in [1.54, 1.807) is 18.2 Å². The molecule has 0 aliphatic carbocycles. The standard InChI is InChI=1S/C13H20N2O2/c1-2-11(6-7-14)15-13(17)9-10-4-3-5-12(16)8-10/h3-5,8,11,16H,2,6-7,9,14H2,1H3,(H,15,17). The smallest absolute Gasteiger partial charge is 0.224 e. The van der Waals surface area contributed by atoms with Crippen molar-refractivity contribution in [3.8, 4) is 5.75 Å². The largest absolute Gasteiger partial charge is 0.508 e. The summed E-state index contributed by atoms with van der Waals surface area (Å²) in [5.41, 5.74) is 6.28. The fourth-order valence-electron chi connectivity index (χ4n) is 1.71. The van der Waals surface area contributed by atoms with Crippen LogP contribution in [0.5, 0.6) is 5.75 Å². The molecule has 0 aliphatic heterocycles. The number of benzene rings is 1. The molecule has 0 fully saturated rings. The number of phenols is 1. The lowest BCUT2D eigenvalue weighted by atomic mass is 10.1. The molecule has 0 aliphatic rings. The summed E-state index contributed by atoms with van der Waals surface area (Å²) < 4.78 is 0. The highest BCUT2D eigenvalue weighted by molar-refractivity contribution is 5.78. The van der Waals surface area contributed by atoms with Gasteiger partial charge in [0.2, 0.25) is 5.91 Å². The molecular formula is C13H20N2O2. The van der Waals surface area contributed by atoms with E-state index in [9.17, 15) is 9.90 Å². The van der Waals surface area contributed by atoms with Crippen molar-refractivity contribution >= 4 is 5.91 Å². The molecule has 0 heterocycles. The SMILES string of the molecule is CCC(CCN)NC(=O)Cc1cccc(O)c1. The molecule has 1 atom stereocenters. The number of aromatic hydroxyl groups is 1. The Morgan fingerprint density at radius 2 is 2.29 bits per heavy atom. The number of carbonyl (C=O) groups excluding carboxylic acids is 1. The Balaban J connectivity index is 2.49. The molecule has 1 amide bonds. The fraction of sp³-hybridized carbons (Fsp3) is 0.462. The molecule has 0 saturated heterocycles. The molecule has 1 aromatic carbocycles. The highest BCUT2D eigenvalue weighted by Crippen LogP contribution is 2.11. The van der Waals surface area contributed by atoms with Gasteiger partial charge < -0.3 is 16.2 Å². The van der Waals surface area contributed by atoms with Crippen LogP contribution in [0.2, 0.25) is 0 Å². The molecule has 0 aromatic heterocycles. The van der Waals surface area contributed by atoms with Gasteiger partial charge in [0, 0.05) is 6.04 Å². The Morgan fingerprint density at radius 3 is 2.88 bits per heavy atom. The average molecular weight is 236 g/mol. The Hall–Kier alpha value is -1.55. The average Bonchev–Trinajstić information content (AvgIpc) is 2.28. The van der Waals surface area contributed by atoms with Crippen molar-refractivity contribution in [3.63, 3.8) is 0 Å². The first kappa shape index (κ1) is 13.5. The highest BCUT2D eigenvalue weighted by Gasteiger charge is 2.10. The molecule has 4 nitrogen and oxygen atoms in total. The second kappa shape index (κ2) is 6.91. The summed E-state index contributed by atoms with van der Waals surface area (Å²) in [4.78, 5) is 11.7. The van der Waals surface area contributed by atoms with Crippen molar-refractivity contribution < 1.29 is 9.90 Å². The van der Waals surface area contributed by atoms with Crippen LogP contribution in [0.1, 0.15) is 25.3 Å². The second-order valence-electron chi connectivity index (χ2n) is 4.10. The predicted molar refractivity (Wildman–Crippen MR) is 67.7 cm³/mol. The van der Waals surface area contributed by atoms with Gasteiger partial charge in [-0.05, 0) is 37.1 Å². The van der Waals surface area contributed by atoms with Crippen LogP contribution >= 0.6 is 0 Å². The third-order valence-corrected chi connectivity index (χ3v) is 2.65. The maximum atomic E-state index is 11.7. The summed E-state index contributed by atoms with van der Waals surface area (Å²) in [5.74, 6) is 0.153. The van der Waals surface area contributed by atoms with Crippen LogP contribution in [0.3, 0.4) is 0 Å². The number of hydrogen-bond donors (Lipinski definition) is 3. The normalized spacial score (nSPS) is 12.1. The maximum Gasteiger partial charge on any atom is 0.224 e. The Morgan fingerprint density at radius 1 is 1.53 bits per heavy atom. The summed E-state index contributed by atoms with van der Waals surface area (Å²) >= 11 is 0. The van der Waals surface area contributed by atoms with Crippen LogP contribution in [0.25, 0.3) is 0 Å². The molecule has 0 spiro atoms. The number of carbonyl (C=O) groups is 1. The van der Waals surface area contributed by atoms with Crippen molar-refractivity contribution in [2.75, 3.05) is 6.54 Å². The van der Waals surface area contributed by atoms with Crippen LogP contribution in [-0.2, 0) is 11.2 Å². The van der Waals surface area contributed by atoms with Crippen molar-refractivity contribution in [2.45, 2.75) is 32.2 Å². The second-order valence-corrected chi connectivity index (χ2v) is 4.10. The molecule has 1 aromatic rings. The Labute approximate surface area is 102 Å². The number of nitrogens with two attached hydrogens (primary N) is 1. The van der Waals surface area contributed by atoms with Gasteiger partial charge in [-0.25, -0.2) is 0 Å². The van der Waals surface area contributed by atoms with Gasteiger partial charge in [0.1, 0.15) is 5.75 Å². The summed E-state index contributed by atoms with van der Waals surface area (Å²) in [6, 6.07) is 6.89. The summed E-state index contributed by atoms with van der Waals surface area (Å²) in [6.07, 6.45) is 1.96. The zero-order chi connectivity index (χ0) is 12.7. The van der Waals surface area contributed by atoms with E-state index in [2.05, 4.69) is 5.32 Å². The lowest BCUT2D eigenvalue weighted by Crippen LogP contribution is -2.36. The summed E-state index contributed by atoms with van der Waals surface area (Å²) in [7, 11) is 0. The van der Waals surface area contributed by atoms with E-state index in [0.29, 0.717) is 6.54 Å². The van der Waals surface area contributed by atoms with Crippen molar-refractivity contribution in [3.05, 3.63) is 29.8 Å². The zero-order valence-electron chi connectivity index (χ0n) is 10.1. The van der Waals surface area contributed by atoms with Gasteiger partial charge in [-0.2, -0.15) is 0 Å². The molecule has 0 saturated carbocycles. The lowest BCUT2D eigenvalue weighted by molar-refractivity contribution is -0.121. The van der Waals surface area contributed by atoms with Crippen LogP contribution in [-0.4, -0.2) is 23.6 Å². The van der Waals surface area contributed by atoms with Gasteiger partial charge >= 0.3 is 0 Å². The topological polar surface area (TPSA) is 75.3 Å². The Kier molecular flexibility index (Phi) is 5.49. The van der Waals surface area contributed by atoms with Crippen molar-refractivity contribution in [1.29, 1.82) is 0 Å². The third-order valence-electron chi connectivity index (χ3n) is 2.65. The quantitative estimate of drug-likeness (QED) is 0.694. The molecule has 94 valence electrons. The summed E-state index contributed by atoms with van der Waals surface area (Å²) in [5, 5.41) is 12.2. The first-order valence-electron chi connectivity index (χ1n) is 5.93. The summed E-state index contributed by atoms with van der Waals surface area (Å²) in [6.45, 7) is 2.60. The number of phenolic OH excluding ortho intramolecular Hbond substituents is 1. The van der Waals surface area contributed by atoms with Gasteiger partial charge in [0.05, 0.1) is 6.42 Å². The van der Waals surface area contributed by atoms with Gasteiger partial charge in [0.25, 0.3) is 0 Å². The molecule has 1 rings (SSSR count). The van der Waals surface area contributed by atoms with Crippen LogP contribution in [0.4, 0.5) is 0 Å². The molecule has 17 heavy (non-hydrogen) atoms. The number of nitrogens with one attached hydrogen (secondary N) is 1. The maximum absolute atomic E-state index is 11.7. The molecule has 4 N–H and O–H groups in total. The minimum Gasteiger partial charge on any atom is -0.508 e. The van der Waals surface area contributed by atoms with E-state index in [0.717, 1.165) is 18.4 Å². The van der Waals surface area contributed by atoms with Crippen LogP contribution in [0, 0.1) is 0 Å². The molecule has 1 unspecified atom stereocenters.